The van der Waals surface area contributed by atoms with Gasteiger partial charge in [0.05, 0.1) is 0 Å². The lowest BCUT2D eigenvalue weighted by Crippen LogP contribution is -2.39. The number of hydrogen-bond acceptors (Lipinski definition) is 2. The van der Waals surface area contributed by atoms with E-state index in [9.17, 15) is 9.59 Å². The second-order valence-electron chi connectivity index (χ2n) is 3.95. The second kappa shape index (κ2) is 5.49. The predicted octanol–water partition coefficient (Wildman–Crippen LogP) is 1.21. The van der Waals surface area contributed by atoms with E-state index in [4.69, 9.17) is 0 Å². The van der Waals surface area contributed by atoms with Gasteiger partial charge in [-0.1, -0.05) is 6.08 Å². The van der Waals surface area contributed by atoms with E-state index in [2.05, 4.69) is 6.58 Å². The van der Waals surface area contributed by atoms with Crippen LogP contribution in [0, 0.1) is 6.92 Å². The molecule has 1 aromatic rings. The van der Waals surface area contributed by atoms with E-state index in [1.807, 2.05) is 6.08 Å². The number of rotatable bonds is 5. The van der Waals surface area contributed by atoms with Gasteiger partial charge < -0.3 is 4.57 Å². The van der Waals surface area contributed by atoms with E-state index >= 15 is 0 Å². The number of unbranched alkanes of at least 4 members (excludes halogenated alkanes) is 2. The molecule has 0 unspecified atom stereocenters. The van der Waals surface area contributed by atoms with Crippen LogP contribution in [-0.4, -0.2) is 9.13 Å². The van der Waals surface area contributed by atoms with Crippen molar-refractivity contribution in [1.29, 1.82) is 0 Å². The average Bonchev–Trinajstić information content (AvgIpc) is 2.25. The average molecular weight is 222 g/mol. The summed E-state index contributed by atoms with van der Waals surface area (Å²) in [6, 6.07) is 0. The smallest absolute Gasteiger partial charge is 0.303 e. The van der Waals surface area contributed by atoms with Crippen LogP contribution >= 0.6 is 0 Å². The molecule has 1 heterocycles. The highest BCUT2D eigenvalue weighted by Gasteiger charge is 2.05. The third-order valence-electron chi connectivity index (χ3n) is 2.54. The van der Waals surface area contributed by atoms with Crippen LogP contribution in [0.3, 0.4) is 0 Å². The summed E-state index contributed by atoms with van der Waals surface area (Å²) in [5.41, 5.74) is 0.182. The fourth-order valence-electron chi connectivity index (χ4n) is 1.65. The molecule has 0 spiro atoms. The molecule has 16 heavy (non-hydrogen) atoms. The normalized spacial score (nSPS) is 10.4. The van der Waals surface area contributed by atoms with Gasteiger partial charge in [0.25, 0.3) is 5.56 Å². The molecule has 0 radical (unpaired) electrons. The van der Waals surface area contributed by atoms with E-state index in [1.54, 1.807) is 20.2 Å². The monoisotopic (exact) mass is 222 g/mol. The van der Waals surface area contributed by atoms with Crippen LogP contribution < -0.4 is 11.2 Å². The quantitative estimate of drug-likeness (QED) is 0.555. The molecule has 88 valence electrons. The first kappa shape index (κ1) is 12.5. The summed E-state index contributed by atoms with van der Waals surface area (Å²) in [4.78, 5) is 23.4. The Balaban J connectivity index is 2.91. The lowest BCUT2D eigenvalue weighted by atomic mass is 10.2. The number of allylic oxidation sites excluding steroid dienone is 1. The maximum atomic E-state index is 11.7. The lowest BCUT2D eigenvalue weighted by Gasteiger charge is -2.07. The molecule has 0 N–H and O–H groups in total. The van der Waals surface area contributed by atoms with Gasteiger partial charge in [-0.05, 0) is 26.2 Å². The second-order valence-corrected chi connectivity index (χ2v) is 3.95. The van der Waals surface area contributed by atoms with Crippen LogP contribution in [0.4, 0.5) is 0 Å². The molecule has 1 aromatic heterocycles. The van der Waals surface area contributed by atoms with E-state index in [1.165, 1.54) is 9.13 Å². The summed E-state index contributed by atoms with van der Waals surface area (Å²) in [5.74, 6) is 0. The Bertz CT molecular complexity index is 449. The van der Waals surface area contributed by atoms with Gasteiger partial charge in [0.15, 0.2) is 0 Å². The molecule has 0 amide bonds. The van der Waals surface area contributed by atoms with Crippen molar-refractivity contribution in [2.75, 3.05) is 0 Å². The molecule has 0 aliphatic heterocycles. The highest BCUT2D eigenvalue weighted by Crippen LogP contribution is 1.96. The summed E-state index contributed by atoms with van der Waals surface area (Å²) in [5, 5.41) is 0. The zero-order chi connectivity index (χ0) is 12.1. The molecule has 0 saturated heterocycles. The zero-order valence-corrected chi connectivity index (χ0v) is 9.90. The van der Waals surface area contributed by atoms with Crippen LogP contribution in [-0.2, 0) is 13.6 Å². The zero-order valence-electron chi connectivity index (χ0n) is 9.90. The SMILES string of the molecule is C=CCCCCn1c(=O)c(C)cn(C)c1=O. The molecule has 0 aliphatic rings. The lowest BCUT2D eigenvalue weighted by molar-refractivity contribution is 0.545. The summed E-state index contributed by atoms with van der Waals surface area (Å²) >= 11 is 0. The first-order valence-corrected chi connectivity index (χ1v) is 5.46. The molecule has 0 bridgehead atoms. The Morgan fingerprint density at radius 2 is 2.06 bits per heavy atom. The Kier molecular flexibility index (Phi) is 4.28. The van der Waals surface area contributed by atoms with Crippen molar-refractivity contribution < 1.29 is 0 Å². The fraction of sp³-hybridized carbons (Fsp3) is 0.500. The van der Waals surface area contributed by atoms with Gasteiger partial charge in [-0.15, -0.1) is 6.58 Å². The van der Waals surface area contributed by atoms with Crippen LogP contribution in [0.15, 0.2) is 28.4 Å². The Morgan fingerprint density at radius 1 is 1.38 bits per heavy atom. The van der Waals surface area contributed by atoms with E-state index in [0.717, 1.165) is 19.3 Å². The molecule has 4 heteroatoms. The molecule has 0 aliphatic carbocycles. The summed E-state index contributed by atoms with van der Waals surface area (Å²) < 4.78 is 2.75. The third kappa shape index (κ3) is 2.72. The number of aryl methyl sites for hydroxylation is 2. The molecule has 0 saturated carbocycles. The van der Waals surface area contributed by atoms with Crippen molar-refractivity contribution in [3.8, 4) is 0 Å². The number of nitrogens with zero attached hydrogens (tertiary/aromatic N) is 2. The van der Waals surface area contributed by atoms with Gasteiger partial charge in [-0.2, -0.15) is 0 Å². The van der Waals surface area contributed by atoms with Gasteiger partial charge in [0, 0.05) is 25.4 Å². The first-order valence-electron chi connectivity index (χ1n) is 5.46. The van der Waals surface area contributed by atoms with Crippen LogP contribution in [0.25, 0.3) is 0 Å². The summed E-state index contributed by atoms with van der Waals surface area (Å²) in [7, 11) is 1.66. The highest BCUT2D eigenvalue weighted by atomic mass is 16.2. The van der Waals surface area contributed by atoms with E-state index < -0.39 is 0 Å². The fourth-order valence-corrected chi connectivity index (χ4v) is 1.65. The Labute approximate surface area is 94.8 Å². The standard InChI is InChI=1S/C12H18N2O2/c1-4-5-6-7-8-14-11(15)10(2)9-13(3)12(14)16/h4,9H,1,5-8H2,2-3H3. The van der Waals surface area contributed by atoms with Crippen LogP contribution in [0.2, 0.25) is 0 Å². The van der Waals surface area contributed by atoms with Gasteiger partial charge in [0.1, 0.15) is 0 Å². The minimum Gasteiger partial charge on any atom is -0.303 e. The molecule has 1 rings (SSSR count). The van der Waals surface area contributed by atoms with Crippen molar-refractivity contribution >= 4 is 0 Å². The molecule has 0 fully saturated rings. The third-order valence-corrected chi connectivity index (χ3v) is 2.54. The number of hydrogen-bond donors (Lipinski definition) is 0. The topological polar surface area (TPSA) is 44.0 Å². The minimum atomic E-state index is -0.241. The predicted molar refractivity (Wildman–Crippen MR) is 64.7 cm³/mol. The summed E-state index contributed by atoms with van der Waals surface area (Å²) in [6.07, 6.45) is 6.11. The molecule has 0 aromatic carbocycles. The first-order chi connectivity index (χ1) is 7.57. The summed E-state index contributed by atoms with van der Waals surface area (Å²) in [6.45, 7) is 5.85. The van der Waals surface area contributed by atoms with Crippen molar-refractivity contribution in [3.63, 3.8) is 0 Å². The van der Waals surface area contributed by atoms with Gasteiger partial charge in [0.2, 0.25) is 0 Å². The van der Waals surface area contributed by atoms with Crippen molar-refractivity contribution in [2.45, 2.75) is 32.7 Å². The molecule has 4 nitrogen and oxygen atoms in total. The van der Waals surface area contributed by atoms with Gasteiger partial charge in [-0.3, -0.25) is 9.36 Å². The van der Waals surface area contributed by atoms with E-state index in [0.29, 0.717) is 12.1 Å². The minimum absolute atomic E-state index is 0.179. The number of aromatic nitrogens is 2. The molecular formula is C12H18N2O2. The molecular weight excluding hydrogens is 204 g/mol. The van der Waals surface area contributed by atoms with Gasteiger partial charge in [-0.25, -0.2) is 4.79 Å². The Morgan fingerprint density at radius 3 is 2.69 bits per heavy atom. The van der Waals surface area contributed by atoms with Crippen LogP contribution in [0.1, 0.15) is 24.8 Å². The Hall–Kier alpha value is -1.58. The largest absolute Gasteiger partial charge is 0.330 e. The van der Waals surface area contributed by atoms with E-state index in [-0.39, 0.29) is 11.2 Å². The van der Waals surface area contributed by atoms with Crippen molar-refractivity contribution in [3.05, 3.63) is 45.3 Å². The maximum absolute atomic E-state index is 11.7. The van der Waals surface area contributed by atoms with Crippen molar-refractivity contribution in [1.82, 2.24) is 9.13 Å². The van der Waals surface area contributed by atoms with Crippen LogP contribution in [0.5, 0.6) is 0 Å². The highest BCUT2D eigenvalue weighted by molar-refractivity contribution is 5.02. The van der Waals surface area contributed by atoms with Gasteiger partial charge >= 0.3 is 5.69 Å². The maximum Gasteiger partial charge on any atom is 0.330 e. The molecule has 0 atom stereocenters. The van der Waals surface area contributed by atoms with Crippen molar-refractivity contribution in [2.24, 2.45) is 7.05 Å².